The van der Waals surface area contributed by atoms with E-state index >= 15 is 0 Å². The maximum Gasteiger partial charge on any atom is 0.260 e. The number of hydrogen-bond donors (Lipinski definition) is 1. The first-order valence-electron chi connectivity index (χ1n) is 11.6. The number of fused-ring (bicyclic) bond motifs is 2. The van der Waals surface area contributed by atoms with E-state index in [2.05, 4.69) is 10.5 Å². The zero-order valence-corrected chi connectivity index (χ0v) is 21.5. The monoisotopic (exact) mass is 514 g/mol. The molecule has 0 aliphatic carbocycles. The lowest BCUT2D eigenvalue weighted by Gasteiger charge is -2.11. The summed E-state index contributed by atoms with van der Waals surface area (Å²) in [5, 5.41) is 5.22. The van der Waals surface area contributed by atoms with Crippen LogP contribution in [0.1, 0.15) is 16.3 Å². The fraction of sp³-hybridized carbons (Fsp3) is 0.179. The van der Waals surface area contributed by atoms with Gasteiger partial charge in [0.2, 0.25) is 0 Å². The van der Waals surface area contributed by atoms with E-state index in [1.807, 2.05) is 71.3 Å². The summed E-state index contributed by atoms with van der Waals surface area (Å²) in [7, 11) is 4.85. The zero-order chi connectivity index (χ0) is 25.8. The van der Waals surface area contributed by atoms with Gasteiger partial charge in [-0.25, -0.2) is 10.4 Å². The van der Waals surface area contributed by atoms with E-state index in [9.17, 15) is 4.79 Å². The second kappa shape index (κ2) is 10.7. The molecule has 0 saturated heterocycles. The quantitative estimate of drug-likeness (QED) is 0.221. The number of carbonyl (C=O) groups is 1. The summed E-state index contributed by atoms with van der Waals surface area (Å²) in [6.45, 7) is 0.0734. The molecule has 8 nitrogen and oxygen atoms in total. The van der Waals surface area contributed by atoms with Gasteiger partial charge in [-0.2, -0.15) is 5.10 Å². The average molecular weight is 515 g/mol. The highest BCUT2D eigenvalue weighted by Gasteiger charge is 2.16. The number of nitrogens with one attached hydrogen (secondary N) is 1. The lowest BCUT2D eigenvalue weighted by molar-refractivity contribution is -0.121. The number of hydrazone groups is 1. The van der Waals surface area contributed by atoms with Crippen molar-refractivity contribution in [1.29, 1.82) is 0 Å². The number of carbonyl (C=O) groups excluding carboxylic acids is 1. The highest BCUT2D eigenvalue weighted by molar-refractivity contribution is 7.21. The minimum atomic E-state index is -0.256. The normalized spacial score (nSPS) is 11.3. The SMILES string of the molecule is COc1ccc(Cc2nc3ccccc3n2CC(=O)N/N=C\c2sc3ccccc3c2OC)cc1OC. The lowest BCUT2D eigenvalue weighted by atomic mass is 10.1. The van der Waals surface area contributed by atoms with Crippen LogP contribution in [-0.2, 0) is 17.8 Å². The molecule has 0 unspecified atom stereocenters. The van der Waals surface area contributed by atoms with Gasteiger partial charge in [0.15, 0.2) is 11.5 Å². The molecule has 3 aromatic carbocycles. The maximum atomic E-state index is 12.9. The van der Waals surface area contributed by atoms with Gasteiger partial charge in [-0.3, -0.25) is 4.79 Å². The Kier molecular flexibility index (Phi) is 7.04. The van der Waals surface area contributed by atoms with Crippen molar-refractivity contribution >= 4 is 44.6 Å². The van der Waals surface area contributed by atoms with Crippen LogP contribution in [0.25, 0.3) is 21.1 Å². The summed E-state index contributed by atoms with van der Waals surface area (Å²) in [4.78, 5) is 18.6. The van der Waals surface area contributed by atoms with Gasteiger partial charge < -0.3 is 18.8 Å². The van der Waals surface area contributed by atoms with Crippen LogP contribution in [0, 0.1) is 0 Å². The summed E-state index contributed by atoms with van der Waals surface area (Å²) >= 11 is 1.56. The Balaban J connectivity index is 1.37. The van der Waals surface area contributed by atoms with E-state index in [0.29, 0.717) is 17.9 Å². The number of para-hydroxylation sites is 2. The van der Waals surface area contributed by atoms with Crippen LogP contribution in [-0.4, -0.2) is 43.0 Å². The topological polar surface area (TPSA) is 87.0 Å². The van der Waals surface area contributed by atoms with Crippen molar-refractivity contribution in [2.45, 2.75) is 13.0 Å². The van der Waals surface area contributed by atoms with Crippen molar-refractivity contribution < 1.29 is 19.0 Å². The van der Waals surface area contributed by atoms with Gasteiger partial charge in [0.05, 0.1) is 43.5 Å². The Morgan fingerprint density at radius 3 is 2.59 bits per heavy atom. The molecule has 188 valence electrons. The minimum absolute atomic E-state index is 0.0734. The third-order valence-corrected chi connectivity index (χ3v) is 7.08. The molecule has 2 aromatic heterocycles. The number of ether oxygens (including phenoxy) is 3. The molecule has 0 radical (unpaired) electrons. The molecule has 0 spiro atoms. The number of imidazole rings is 1. The van der Waals surface area contributed by atoms with Crippen molar-refractivity contribution in [1.82, 2.24) is 15.0 Å². The highest BCUT2D eigenvalue weighted by Crippen LogP contribution is 2.36. The van der Waals surface area contributed by atoms with Crippen LogP contribution < -0.4 is 19.6 Å². The Bertz CT molecular complexity index is 1600. The Labute approximate surface area is 218 Å². The Hall–Kier alpha value is -4.37. The highest BCUT2D eigenvalue weighted by atomic mass is 32.1. The van der Waals surface area contributed by atoms with Gasteiger partial charge in [0.25, 0.3) is 5.91 Å². The van der Waals surface area contributed by atoms with Crippen molar-refractivity contribution in [2.75, 3.05) is 21.3 Å². The second-order valence-corrected chi connectivity index (χ2v) is 9.34. The van der Waals surface area contributed by atoms with Crippen molar-refractivity contribution in [3.8, 4) is 17.2 Å². The largest absolute Gasteiger partial charge is 0.495 e. The van der Waals surface area contributed by atoms with Gasteiger partial charge in [-0.15, -0.1) is 11.3 Å². The molecular formula is C28H26N4O4S. The van der Waals surface area contributed by atoms with E-state index in [-0.39, 0.29) is 12.5 Å². The molecule has 2 heterocycles. The number of nitrogens with zero attached hydrogens (tertiary/aromatic N) is 3. The summed E-state index contributed by atoms with van der Waals surface area (Å²) in [6.07, 6.45) is 2.14. The average Bonchev–Trinajstić information content (AvgIpc) is 3.45. The number of aromatic nitrogens is 2. The molecule has 5 rings (SSSR count). The molecule has 1 N–H and O–H groups in total. The first-order valence-corrected chi connectivity index (χ1v) is 12.5. The van der Waals surface area contributed by atoms with Crippen LogP contribution in [0.4, 0.5) is 0 Å². The molecule has 0 saturated carbocycles. The molecule has 0 atom stereocenters. The summed E-state index contributed by atoms with van der Waals surface area (Å²) in [5.74, 6) is 2.56. The van der Waals surface area contributed by atoms with Crippen LogP contribution in [0.5, 0.6) is 17.2 Å². The van der Waals surface area contributed by atoms with Gasteiger partial charge >= 0.3 is 0 Å². The molecule has 0 fully saturated rings. The van der Waals surface area contributed by atoms with Crippen LogP contribution in [0.3, 0.4) is 0 Å². The fourth-order valence-electron chi connectivity index (χ4n) is 4.29. The second-order valence-electron chi connectivity index (χ2n) is 8.26. The fourth-order valence-corrected chi connectivity index (χ4v) is 5.33. The van der Waals surface area contributed by atoms with E-state index in [0.717, 1.165) is 43.1 Å². The molecule has 0 bridgehead atoms. The standard InChI is InChI=1S/C28H26N4O4S/c1-34-22-13-12-18(14-23(22)35-2)15-26-30-20-9-5-6-10-21(20)32(26)17-27(33)31-29-16-25-28(36-3)19-8-4-7-11-24(19)37-25/h4-14,16H,15,17H2,1-3H3,(H,31,33)/b29-16-. The number of hydrogen-bond acceptors (Lipinski definition) is 7. The summed E-state index contributed by atoms with van der Waals surface area (Å²) in [6, 6.07) is 21.5. The van der Waals surface area contributed by atoms with Crippen molar-refractivity contribution in [3.63, 3.8) is 0 Å². The number of rotatable bonds is 9. The molecule has 0 aliphatic rings. The van der Waals surface area contributed by atoms with E-state index in [1.165, 1.54) is 0 Å². The Morgan fingerprint density at radius 1 is 1.00 bits per heavy atom. The van der Waals surface area contributed by atoms with E-state index in [1.54, 1.807) is 38.9 Å². The predicted molar refractivity (Wildman–Crippen MR) is 146 cm³/mol. The molecule has 37 heavy (non-hydrogen) atoms. The van der Waals surface area contributed by atoms with Crippen molar-refractivity contribution in [3.05, 3.63) is 83.0 Å². The van der Waals surface area contributed by atoms with Crippen LogP contribution in [0.15, 0.2) is 71.8 Å². The molecule has 1 amide bonds. The van der Waals surface area contributed by atoms with Crippen molar-refractivity contribution in [2.24, 2.45) is 5.10 Å². The lowest BCUT2D eigenvalue weighted by Crippen LogP contribution is -2.24. The van der Waals surface area contributed by atoms with Gasteiger partial charge in [-0.05, 0) is 42.0 Å². The molecule has 9 heteroatoms. The smallest absolute Gasteiger partial charge is 0.260 e. The molecule has 5 aromatic rings. The zero-order valence-electron chi connectivity index (χ0n) is 20.7. The summed E-state index contributed by atoms with van der Waals surface area (Å²) < 4.78 is 19.4. The van der Waals surface area contributed by atoms with Gasteiger partial charge in [-0.1, -0.05) is 30.3 Å². The number of amides is 1. The van der Waals surface area contributed by atoms with E-state index < -0.39 is 0 Å². The van der Waals surface area contributed by atoms with Gasteiger partial charge in [0, 0.05) is 16.5 Å². The van der Waals surface area contributed by atoms with Gasteiger partial charge in [0.1, 0.15) is 18.1 Å². The maximum absolute atomic E-state index is 12.9. The molecular weight excluding hydrogens is 488 g/mol. The number of benzene rings is 3. The summed E-state index contributed by atoms with van der Waals surface area (Å²) in [5.41, 5.74) is 5.34. The first kappa shape index (κ1) is 24.3. The minimum Gasteiger partial charge on any atom is -0.495 e. The predicted octanol–water partition coefficient (Wildman–Crippen LogP) is 5.02. The third kappa shape index (κ3) is 4.99. The first-order chi connectivity index (χ1) is 18.1. The third-order valence-electron chi connectivity index (χ3n) is 6.00. The Morgan fingerprint density at radius 2 is 1.78 bits per heavy atom. The molecule has 0 aliphatic heterocycles. The number of methoxy groups -OCH3 is 3. The number of thiophene rings is 1. The van der Waals surface area contributed by atoms with E-state index in [4.69, 9.17) is 19.2 Å². The van der Waals surface area contributed by atoms with Crippen LogP contribution in [0.2, 0.25) is 0 Å². The van der Waals surface area contributed by atoms with Crippen LogP contribution >= 0.6 is 11.3 Å².